The maximum absolute atomic E-state index is 5.67. The molecule has 0 aromatic heterocycles. The Morgan fingerprint density at radius 3 is 2.52 bits per heavy atom. The summed E-state index contributed by atoms with van der Waals surface area (Å²) in [4.78, 5) is 4.25. The van der Waals surface area contributed by atoms with Gasteiger partial charge in [-0.25, -0.2) is 0 Å². The molecular formula is C18H29N3O2. The van der Waals surface area contributed by atoms with Crippen molar-refractivity contribution in [3.8, 4) is 11.5 Å². The molecule has 0 atom stereocenters. The van der Waals surface area contributed by atoms with Gasteiger partial charge < -0.3 is 20.1 Å². The molecule has 1 aromatic rings. The average Bonchev–Trinajstić information content (AvgIpc) is 3.37. The molecule has 5 heteroatoms. The predicted molar refractivity (Wildman–Crippen MR) is 94.6 cm³/mol. The van der Waals surface area contributed by atoms with Crippen molar-refractivity contribution in [2.24, 2.45) is 10.9 Å². The van der Waals surface area contributed by atoms with Gasteiger partial charge in [0.05, 0.1) is 13.2 Å². The molecule has 0 spiro atoms. The molecule has 5 nitrogen and oxygen atoms in total. The summed E-state index contributed by atoms with van der Waals surface area (Å²) in [6.45, 7) is 7.11. The van der Waals surface area contributed by atoms with E-state index in [0.717, 1.165) is 42.9 Å². The van der Waals surface area contributed by atoms with Gasteiger partial charge in [-0.3, -0.25) is 4.99 Å². The molecule has 0 radical (unpaired) electrons. The number of benzene rings is 1. The van der Waals surface area contributed by atoms with Crippen molar-refractivity contribution in [2.75, 3.05) is 33.4 Å². The third kappa shape index (κ3) is 6.00. The fourth-order valence-corrected chi connectivity index (χ4v) is 2.36. The van der Waals surface area contributed by atoms with Crippen LogP contribution in [0, 0.1) is 5.92 Å². The molecule has 2 rings (SSSR count). The molecule has 2 N–H and O–H groups in total. The van der Waals surface area contributed by atoms with Crippen molar-refractivity contribution < 1.29 is 9.47 Å². The first-order valence-electron chi connectivity index (χ1n) is 8.59. The Hall–Kier alpha value is -1.91. The van der Waals surface area contributed by atoms with E-state index in [1.807, 2.05) is 27.0 Å². The Morgan fingerprint density at radius 1 is 1.13 bits per heavy atom. The lowest BCUT2D eigenvalue weighted by atomic mass is 10.1. The third-order valence-electron chi connectivity index (χ3n) is 3.79. The second kappa shape index (κ2) is 9.28. The first-order valence-corrected chi connectivity index (χ1v) is 8.59. The summed E-state index contributed by atoms with van der Waals surface area (Å²) in [6, 6.07) is 6.15. The summed E-state index contributed by atoms with van der Waals surface area (Å²) in [5.41, 5.74) is 1.22. The summed E-state index contributed by atoms with van der Waals surface area (Å²) in [5, 5.41) is 6.73. The molecule has 0 aliphatic heterocycles. The van der Waals surface area contributed by atoms with Gasteiger partial charge >= 0.3 is 0 Å². The van der Waals surface area contributed by atoms with Crippen LogP contribution in [0.15, 0.2) is 23.2 Å². The van der Waals surface area contributed by atoms with E-state index in [-0.39, 0.29) is 0 Å². The first kappa shape index (κ1) is 17.4. The minimum absolute atomic E-state index is 0.638. The van der Waals surface area contributed by atoms with Crippen LogP contribution in [0.25, 0.3) is 0 Å². The van der Waals surface area contributed by atoms with Gasteiger partial charge in [0.2, 0.25) is 0 Å². The van der Waals surface area contributed by atoms with Gasteiger partial charge in [-0.1, -0.05) is 6.07 Å². The highest BCUT2D eigenvalue weighted by molar-refractivity contribution is 5.79. The quantitative estimate of drug-likeness (QED) is 0.543. The van der Waals surface area contributed by atoms with Crippen LogP contribution in [0.1, 0.15) is 32.3 Å². The summed E-state index contributed by atoms with van der Waals surface area (Å²) < 4.78 is 11.3. The molecule has 0 bridgehead atoms. The average molecular weight is 319 g/mol. The van der Waals surface area contributed by atoms with Crippen LogP contribution in [0.5, 0.6) is 11.5 Å². The van der Waals surface area contributed by atoms with Crippen LogP contribution in [0.2, 0.25) is 0 Å². The lowest BCUT2D eigenvalue weighted by Crippen LogP contribution is -2.39. The number of hydrogen-bond donors (Lipinski definition) is 2. The van der Waals surface area contributed by atoms with Gasteiger partial charge in [-0.05, 0) is 56.7 Å². The maximum atomic E-state index is 5.67. The fourth-order valence-electron chi connectivity index (χ4n) is 2.36. The second-order valence-electron chi connectivity index (χ2n) is 5.72. The third-order valence-corrected chi connectivity index (χ3v) is 3.79. The Bertz CT molecular complexity index is 513. The van der Waals surface area contributed by atoms with Gasteiger partial charge in [0.25, 0.3) is 0 Å². The molecule has 0 saturated heterocycles. The molecule has 1 fully saturated rings. The summed E-state index contributed by atoms with van der Waals surface area (Å²) in [7, 11) is 1.81. The predicted octanol–water partition coefficient (Wildman–Crippen LogP) is 2.60. The van der Waals surface area contributed by atoms with Gasteiger partial charge in [0.1, 0.15) is 0 Å². The minimum Gasteiger partial charge on any atom is -0.490 e. The van der Waals surface area contributed by atoms with Crippen molar-refractivity contribution in [1.29, 1.82) is 0 Å². The lowest BCUT2D eigenvalue weighted by molar-refractivity contribution is 0.287. The zero-order valence-corrected chi connectivity index (χ0v) is 14.5. The highest BCUT2D eigenvalue weighted by Gasteiger charge is 2.20. The number of ether oxygens (including phenoxy) is 2. The van der Waals surface area contributed by atoms with Gasteiger partial charge in [-0.15, -0.1) is 0 Å². The fraction of sp³-hybridized carbons (Fsp3) is 0.611. The van der Waals surface area contributed by atoms with Crippen molar-refractivity contribution >= 4 is 5.96 Å². The standard InChI is InChI=1S/C18H29N3O2/c1-4-22-16-9-8-14(12-17(16)23-5-2)10-11-20-18(19-3)21-13-15-6-7-15/h8-9,12,15H,4-7,10-11,13H2,1-3H3,(H2,19,20,21). The van der Waals surface area contributed by atoms with E-state index in [4.69, 9.17) is 9.47 Å². The van der Waals surface area contributed by atoms with Crippen LogP contribution >= 0.6 is 0 Å². The molecule has 0 heterocycles. The zero-order valence-electron chi connectivity index (χ0n) is 14.5. The number of rotatable bonds is 9. The summed E-state index contributed by atoms with van der Waals surface area (Å²) in [6.07, 6.45) is 3.60. The van der Waals surface area contributed by atoms with Crippen LogP contribution in [0.3, 0.4) is 0 Å². The zero-order chi connectivity index (χ0) is 16.5. The van der Waals surface area contributed by atoms with E-state index >= 15 is 0 Å². The molecule has 23 heavy (non-hydrogen) atoms. The second-order valence-corrected chi connectivity index (χ2v) is 5.72. The summed E-state index contributed by atoms with van der Waals surface area (Å²) >= 11 is 0. The number of aliphatic imine (C=N–C) groups is 1. The van der Waals surface area contributed by atoms with Crippen molar-refractivity contribution in [3.05, 3.63) is 23.8 Å². The van der Waals surface area contributed by atoms with E-state index in [1.165, 1.54) is 18.4 Å². The van der Waals surface area contributed by atoms with E-state index in [1.54, 1.807) is 0 Å². The molecule has 128 valence electrons. The molecular weight excluding hydrogens is 290 g/mol. The maximum Gasteiger partial charge on any atom is 0.190 e. The molecule has 1 aliphatic rings. The molecule has 1 aromatic carbocycles. The van der Waals surface area contributed by atoms with Gasteiger partial charge in [0.15, 0.2) is 17.5 Å². The van der Waals surface area contributed by atoms with E-state index in [0.29, 0.717) is 13.2 Å². The van der Waals surface area contributed by atoms with Crippen LogP contribution in [-0.4, -0.2) is 39.3 Å². The molecule has 0 amide bonds. The number of nitrogens with one attached hydrogen (secondary N) is 2. The topological polar surface area (TPSA) is 54.9 Å². The van der Waals surface area contributed by atoms with Crippen molar-refractivity contribution in [1.82, 2.24) is 10.6 Å². The van der Waals surface area contributed by atoms with Crippen LogP contribution in [-0.2, 0) is 6.42 Å². The normalized spacial score (nSPS) is 14.5. The Labute approximate surface area is 139 Å². The van der Waals surface area contributed by atoms with Crippen molar-refractivity contribution in [3.63, 3.8) is 0 Å². The SMILES string of the molecule is CCOc1ccc(CCNC(=NC)NCC2CC2)cc1OCC. The largest absolute Gasteiger partial charge is 0.490 e. The van der Waals surface area contributed by atoms with E-state index in [2.05, 4.69) is 27.8 Å². The Morgan fingerprint density at radius 2 is 1.87 bits per heavy atom. The van der Waals surface area contributed by atoms with Gasteiger partial charge in [-0.2, -0.15) is 0 Å². The number of guanidine groups is 1. The minimum atomic E-state index is 0.638. The highest BCUT2D eigenvalue weighted by atomic mass is 16.5. The molecule has 0 unspecified atom stereocenters. The first-order chi connectivity index (χ1) is 11.3. The Balaban J connectivity index is 1.82. The number of hydrogen-bond acceptors (Lipinski definition) is 3. The van der Waals surface area contributed by atoms with Gasteiger partial charge in [0, 0.05) is 20.1 Å². The Kier molecular flexibility index (Phi) is 7.04. The molecule has 1 aliphatic carbocycles. The lowest BCUT2D eigenvalue weighted by Gasteiger charge is -2.14. The van der Waals surface area contributed by atoms with Crippen molar-refractivity contribution in [2.45, 2.75) is 33.1 Å². The molecule has 1 saturated carbocycles. The van der Waals surface area contributed by atoms with E-state index in [9.17, 15) is 0 Å². The van der Waals surface area contributed by atoms with Crippen LogP contribution < -0.4 is 20.1 Å². The number of nitrogens with zero attached hydrogens (tertiary/aromatic N) is 1. The van der Waals surface area contributed by atoms with E-state index < -0.39 is 0 Å². The smallest absolute Gasteiger partial charge is 0.190 e. The monoisotopic (exact) mass is 319 g/mol. The summed E-state index contributed by atoms with van der Waals surface area (Å²) in [5.74, 6) is 3.36. The highest BCUT2D eigenvalue weighted by Crippen LogP contribution is 2.29. The van der Waals surface area contributed by atoms with Crippen LogP contribution in [0.4, 0.5) is 0 Å².